The summed E-state index contributed by atoms with van der Waals surface area (Å²) in [6.45, 7) is 4.31. The molecular weight excluding hydrogens is 354 g/mol. The SMILES string of the molecule is Cc1cc(N2CCCC2)ccc1NC(=O)CCN1C(=O)C2CC=CCC2C1=O. The lowest BCUT2D eigenvalue weighted by Crippen LogP contribution is -2.34. The summed E-state index contributed by atoms with van der Waals surface area (Å²) in [6, 6.07) is 6.08. The molecule has 148 valence electrons. The quantitative estimate of drug-likeness (QED) is 0.629. The topological polar surface area (TPSA) is 69.7 Å². The average Bonchev–Trinajstić information content (AvgIpc) is 3.31. The number of imide groups is 1. The van der Waals surface area contributed by atoms with E-state index in [4.69, 9.17) is 0 Å². The number of hydrogen-bond donors (Lipinski definition) is 1. The highest BCUT2D eigenvalue weighted by Gasteiger charge is 2.46. The van der Waals surface area contributed by atoms with Gasteiger partial charge in [0, 0.05) is 37.4 Å². The zero-order chi connectivity index (χ0) is 19.7. The molecule has 1 aromatic rings. The average molecular weight is 381 g/mol. The monoisotopic (exact) mass is 381 g/mol. The van der Waals surface area contributed by atoms with Gasteiger partial charge in [0.2, 0.25) is 17.7 Å². The van der Waals surface area contributed by atoms with E-state index in [9.17, 15) is 14.4 Å². The van der Waals surface area contributed by atoms with Crippen molar-refractivity contribution in [1.29, 1.82) is 0 Å². The van der Waals surface area contributed by atoms with Crippen LogP contribution in [0.15, 0.2) is 30.4 Å². The minimum atomic E-state index is -0.235. The molecule has 2 aliphatic heterocycles. The molecule has 1 N–H and O–H groups in total. The summed E-state index contributed by atoms with van der Waals surface area (Å²) in [4.78, 5) is 41.0. The van der Waals surface area contributed by atoms with Crippen LogP contribution in [0.4, 0.5) is 11.4 Å². The third kappa shape index (κ3) is 3.55. The zero-order valence-electron chi connectivity index (χ0n) is 16.3. The first-order valence-corrected chi connectivity index (χ1v) is 10.2. The Hall–Kier alpha value is -2.63. The van der Waals surface area contributed by atoms with Crippen molar-refractivity contribution >= 4 is 29.1 Å². The van der Waals surface area contributed by atoms with E-state index in [0.717, 1.165) is 24.3 Å². The Kier molecular flexibility index (Phi) is 5.20. The number of fused-ring (bicyclic) bond motifs is 1. The van der Waals surface area contributed by atoms with Crippen molar-refractivity contribution in [1.82, 2.24) is 4.90 Å². The van der Waals surface area contributed by atoms with Crippen molar-refractivity contribution in [3.05, 3.63) is 35.9 Å². The first-order chi connectivity index (χ1) is 13.5. The van der Waals surface area contributed by atoms with E-state index in [2.05, 4.69) is 16.3 Å². The Morgan fingerprint density at radius 1 is 1.07 bits per heavy atom. The van der Waals surface area contributed by atoms with Gasteiger partial charge in [0.1, 0.15) is 0 Å². The maximum Gasteiger partial charge on any atom is 0.233 e. The molecular formula is C22H27N3O3. The number of anilines is 2. The van der Waals surface area contributed by atoms with Gasteiger partial charge in [-0.05, 0) is 56.4 Å². The van der Waals surface area contributed by atoms with Crippen molar-refractivity contribution in [2.75, 3.05) is 29.9 Å². The van der Waals surface area contributed by atoms with Crippen molar-refractivity contribution < 1.29 is 14.4 Å². The molecule has 0 radical (unpaired) electrons. The highest BCUT2D eigenvalue weighted by atomic mass is 16.2. The summed E-state index contributed by atoms with van der Waals surface area (Å²) in [5.41, 5.74) is 2.99. The number of allylic oxidation sites excluding steroid dienone is 2. The molecule has 2 fully saturated rings. The third-order valence-corrected chi connectivity index (χ3v) is 6.12. The number of nitrogens with one attached hydrogen (secondary N) is 1. The molecule has 0 spiro atoms. The first-order valence-electron chi connectivity index (χ1n) is 10.2. The molecule has 3 aliphatic rings. The van der Waals surface area contributed by atoms with Gasteiger partial charge in [-0.3, -0.25) is 19.3 Å². The Labute approximate surface area is 165 Å². The van der Waals surface area contributed by atoms with E-state index in [0.29, 0.717) is 12.8 Å². The normalized spacial score (nSPS) is 24.0. The highest BCUT2D eigenvalue weighted by molar-refractivity contribution is 6.05. The number of amides is 3. The van der Waals surface area contributed by atoms with Crippen LogP contribution >= 0.6 is 0 Å². The molecule has 1 aromatic carbocycles. The van der Waals surface area contributed by atoms with Crippen molar-refractivity contribution in [3.8, 4) is 0 Å². The van der Waals surface area contributed by atoms with E-state index in [1.165, 1.54) is 23.4 Å². The van der Waals surface area contributed by atoms with Gasteiger partial charge in [-0.15, -0.1) is 0 Å². The third-order valence-electron chi connectivity index (χ3n) is 6.12. The van der Waals surface area contributed by atoms with Gasteiger partial charge in [0.25, 0.3) is 0 Å². The van der Waals surface area contributed by atoms with E-state index < -0.39 is 0 Å². The van der Waals surface area contributed by atoms with Crippen LogP contribution < -0.4 is 10.2 Å². The van der Waals surface area contributed by atoms with Gasteiger partial charge in [0.15, 0.2) is 0 Å². The Morgan fingerprint density at radius 2 is 1.71 bits per heavy atom. The lowest BCUT2D eigenvalue weighted by Gasteiger charge is -2.19. The Morgan fingerprint density at radius 3 is 2.32 bits per heavy atom. The molecule has 6 heteroatoms. The van der Waals surface area contributed by atoms with E-state index >= 15 is 0 Å². The largest absolute Gasteiger partial charge is 0.372 e. The minimum absolute atomic E-state index is 0.123. The highest BCUT2D eigenvalue weighted by Crippen LogP contribution is 2.35. The van der Waals surface area contributed by atoms with Gasteiger partial charge < -0.3 is 10.2 Å². The number of benzene rings is 1. The Bertz CT molecular complexity index is 800. The molecule has 2 saturated heterocycles. The maximum absolute atomic E-state index is 12.5. The molecule has 0 saturated carbocycles. The van der Waals surface area contributed by atoms with Crippen molar-refractivity contribution in [3.63, 3.8) is 0 Å². The molecule has 2 atom stereocenters. The van der Waals surface area contributed by atoms with Crippen molar-refractivity contribution in [2.45, 2.75) is 39.0 Å². The molecule has 6 nitrogen and oxygen atoms in total. The first kappa shape index (κ1) is 18.7. The van der Waals surface area contributed by atoms with Gasteiger partial charge in [-0.1, -0.05) is 12.2 Å². The van der Waals surface area contributed by atoms with Crippen LogP contribution in [0.3, 0.4) is 0 Å². The molecule has 2 unspecified atom stereocenters. The van der Waals surface area contributed by atoms with Crippen LogP contribution in [0.25, 0.3) is 0 Å². The number of carbonyl (C=O) groups excluding carboxylic acids is 3. The smallest absolute Gasteiger partial charge is 0.233 e. The number of carbonyl (C=O) groups is 3. The number of aryl methyl sites for hydroxylation is 1. The van der Waals surface area contributed by atoms with Crippen LogP contribution in [0.2, 0.25) is 0 Å². The summed E-state index contributed by atoms with van der Waals surface area (Å²) >= 11 is 0. The molecule has 0 bridgehead atoms. The number of rotatable bonds is 5. The predicted octanol–water partition coefficient (Wildman–Crippen LogP) is 2.88. The second-order valence-electron chi connectivity index (χ2n) is 7.98. The number of nitrogens with zero attached hydrogens (tertiary/aromatic N) is 2. The molecule has 2 heterocycles. The number of likely N-dealkylation sites (tertiary alicyclic amines) is 1. The lowest BCUT2D eigenvalue weighted by atomic mass is 9.85. The summed E-state index contributed by atoms with van der Waals surface area (Å²) < 4.78 is 0. The fourth-order valence-electron chi connectivity index (χ4n) is 4.48. The van der Waals surface area contributed by atoms with Gasteiger partial charge in [-0.25, -0.2) is 0 Å². The second-order valence-corrected chi connectivity index (χ2v) is 7.98. The van der Waals surface area contributed by atoms with Gasteiger partial charge in [-0.2, -0.15) is 0 Å². The lowest BCUT2D eigenvalue weighted by molar-refractivity contribution is -0.140. The van der Waals surface area contributed by atoms with Crippen LogP contribution in [-0.4, -0.2) is 42.3 Å². The van der Waals surface area contributed by atoms with E-state index in [-0.39, 0.29) is 42.5 Å². The predicted molar refractivity (Wildman–Crippen MR) is 108 cm³/mol. The van der Waals surface area contributed by atoms with Crippen LogP contribution in [0.5, 0.6) is 0 Å². The van der Waals surface area contributed by atoms with E-state index in [1.54, 1.807) is 0 Å². The van der Waals surface area contributed by atoms with Gasteiger partial charge in [0.05, 0.1) is 11.8 Å². The summed E-state index contributed by atoms with van der Waals surface area (Å²) in [5.74, 6) is -0.899. The molecule has 4 rings (SSSR count). The van der Waals surface area contributed by atoms with Crippen molar-refractivity contribution in [2.24, 2.45) is 11.8 Å². The fourth-order valence-corrected chi connectivity index (χ4v) is 4.48. The van der Waals surface area contributed by atoms with Crippen LogP contribution in [0, 0.1) is 18.8 Å². The second kappa shape index (κ2) is 7.78. The molecule has 3 amide bonds. The minimum Gasteiger partial charge on any atom is -0.372 e. The Balaban J connectivity index is 1.33. The standard InChI is InChI=1S/C22H27N3O3/c1-15-14-16(24-11-4-5-12-24)8-9-19(15)23-20(26)10-13-25-21(27)17-6-2-3-7-18(17)22(25)28/h2-3,8-9,14,17-18H,4-7,10-13H2,1H3,(H,23,26). The van der Waals surface area contributed by atoms with Gasteiger partial charge >= 0.3 is 0 Å². The van der Waals surface area contributed by atoms with Crippen LogP contribution in [0.1, 0.15) is 37.7 Å². The molecule has 0 aromatic heterocycles. The zero-order valence-corrected chi connectivity index (χ0v) is 16.3. The fraction of sp³-hybridized carbons (Fsp3) is 0.500. The maximum atomic E-state index is 12.5. The summed E-state index contributed by atoms with van der Waals surface area (Å²) in [5, 5.41) is 2.93. The summed E-state index contributed by atoms with van der Waals surface area (Å²) in [7, 11) is 0. The summed E-state index contributed by atoms with van der Waals surface area (Å²) in [6.07, 6.45) is 7.76. The van der Waals surface area contributed by atoms with E-state index in [1.807, 2.05) is 31.2 Å². The molecule has 1 aliphatic carbocycles. The number of hydrogen-bond acceptors (Lipinski definition) is 4. The molecule has 28 heavy (non-hydrogen) atoms. The van der Waals surface area contributed by atoms with Crippen LogP contribution in [-0.2, 0) is 14.4 Å².